The molecule has 0 bridgehead atoms. The Hall–Kier alpha value is -3.12. The van der Waals surface area contributed by atoms with Crippen LogP contribution in [0.2, 0.25) is 5.02 Å². The van der Waals surface area contributed by atoms with Gasteiger partial charge in [0.1, 0.15) is 11.8 Å². The van der Waals surface area contributed by atoms with Crippen molar-refractivity contribution in [3.05, 3.63) is 53.7 Å². The molecule has 2 heterocycles. The van der Waals surface area contributed by atoms with E-state index in [1.54, 1.807) is 6.20 Å². The van der Waals surface area contributed by atoms with Crippen molar-refractivity contribution in [2.24, 2.45) is 0 Å². The average molecular weight is 406 g/mol. The fraction of sp³-hybridized carbons (Fsp3) is 0.227. The second kappa shape index (κ2) is 7.37. The van der Waals surface area contributed by atoms with Gasteiger partial charge in [0.2, 0.25) is 0 Å². The lowest BCUT2D eigenvalue weighted by molar-refractivity contribution is 0.202. The third-order valence-electron chi connectivity index (χ3n) is 5.29. The van der Waals surface area contributed by atoms with Crippen molar-refractivity contribution in [1.82, 2.24) is 20.2 Å². The number of aromatic amines is 1. The summed E-state index contributed by atoms with van der Waals surface area (Å²) in [7, 11) is 0. The standard InChI is InChI=1S/C22H20ClN5O/c23-17-11-14(10-15-12-25-28-18(15)17)20-19(13-6-2-1-3-7-13)26-21(24)22(27-20)29-16-8-4-5-9-16/h1-3,6-7,10-12,16H,4-5,8-9H2,(H2,24,26)(H,25,28). The maximum absolute atomic E-state index is 6.48. The zero-order valence-electron chi connectivity index (χ0n) is 15.7. The number of hydrogen-bond donors (Lipinski definition) is 2. The van der Waals surface area contributed by atoms with E-state index in [-0.39, 0.29) is 6.10 Å². The summed E-state index contributed by atoms with van der Waals surface area (Å²) >= 11 is 6.48. The van der Waals surface area contributed by atoms with Gasteiger partial charge in [0.05, 0.1) is 22.4 Å². The van der Waals surface area contributed by atoms with E-state index in [1.807, 2.05) is 42.5 Å². The van der Waals surface area contributed by atoms with Crippen LogP contribution in [0.5, 0.6) is 5.88 Å². The maximum atomic E-state index is 6.48. The number of aromatic nitrogens is 4. The number of nitrogens with two attached hydrogens (primary N) is 1. The first-order valence-electron chi connectivity index (χ1n) is 9.71. The molecule has 2 aromatic carbocycles. The van der Waals surface area contributed by atoms with E-state index >= 15 is 0 Å². The predicted octanol–water partition coefficient (Wildman–Crippen LogP) is 5.24. The third-order valence-corrected chi connectivity index (χ3v) is 5.59. The van der Waals surface area contributed by atoms with E-state index in [2.05, 4.69) is 15.2 Å². The molecule has 2 aromatic heterocycles. The van der Waals surface area contributed by atoms with E-state index < -0.39 is 0 Å². The first kappa shape index (κ1) is 17.9. The lowest BCUT2D eigenvalue weighted by Crippen LogP contribution is -2.14. The van der Waals surface area contributed by atoms with Crippen molar-refractivity contribution >= 4 is 28.3 Å². The second-order valence-electron chi connectivity index (χ2n) is 7.29. The second-order valence-corrected chi connectivity index (χ2v) is 7.70. The Morgan fingerprint density at radius 1 is 1.00 bits per heavy atom. The average Bonchev–Trinajstić information content (AvgIpc) is 3.42. The molecular formula is C22H20ClN5O. The highest BCUT2D eigenvalue weighted by atomic mass is 35.5. The fourth-order valence-corrected chi connectivity index (χ4v) is 4.10. The summed E-state index contributed by atoms with van der Waals surface area (Å²) in [5, 5.41) is 8.49. The Morgan fingerprint density at radius 2 is 1.76 bits per heavy atom. The van der Waals surface area contributed by atoms with Crippen molar-refractivity contribution in [2.75, 3.05) is 5.73 Å². The molecule has 0 amide bonds. The van der Waals surface area contributed by atoms with Gasteiger partial charge in [-0.1, -0.05) is 41.9 Å². The van der Waals surface area contributed by atoms with Crippen LogP contribution in [0.25, 0.3) is 33.4 Å². The molecule has 0 atom stereocenters. The summed E-state index contributed by atoms with van der Waals surface area (Å²) in [4.78, 5) is 9.50. The molecule has 1 fully saturated rings. The molecule has 0 aliphatic heterocycles. The summed E-state index contributed by atoms with van der Waals surface area (Å²) in [5.74, 6) is 0.685. The van der Waals surface area contributed by atoms with Crippen molar-refractivity contribution in [3.63, 3.8) is 0 Å². The molecule has 29 heavy (non-hydrogen) atoms. The van der Waals surface area contributed by atoms with Gasteiger partial charge in [-0.05, 0) is 37.8 Å². The van der Waals surface area contributed by atoms with Crippen molar-refractivity contribution in [1.29, 1.82) is 0 Å². The van der Waals surface area contributed by atoms with E-state index in [0.29, 0.717) is 28.1 Å². The van der Waals surface area contributed by atoms with Crippen molar-refractivity contribution < 1.29 is 4.74 Å². The van der Waals surface area contributed by atoms with E-state index in [1.165, 1.54) is 12.8 Å². The Bertz CT molecular complexity index is 1170. The summed E-state index contributed by atoms with van der Waals surface area (Å²) in [6.07, 6.45) is 6.25. The molecular weight excluding hydrogens is 386 g/mol. The first-order chi connectivity index (χ1) is 14.2. The van der Waals surface area contributed by atoms with Crippen LogP contribution in [0.1, 0.15) is 25.7 Å². The minimum atomic E-state index is 0.141. The van der Waals surface area contributed by atoms with Crippen LogP contribution in [0, 0.1) is 0 Å². The Kier molecular flexibility index (Phi) is 4.56. The minimum Gasteiger partial charge on any atom is -0.472 e. The van der Waals surface area contributed by atoms with Gasteiger partial charge in [0.25, 0.3) is 5.88 Å². The van der Waals surface area contributed by atoms with E-state index in [9.17, 15) is 0 Å². The van der Waals surface area contributed by atoms with Crippen molar-refractivity contribution in [3.8, 4) is 28.4 Å². The highest BCUT2D eigenvalue weighted by molar-refractivity contribution is 6.35. The molecule has 1 aliphatic rings. The fourth-order valence-electron chi connectivity index (χ4n) is 3.83. The predicted molar refractivity (Wildman–Crippen MR) is 115 cm³/mol. The molecule has 6 nitrogen and oxygen atoms in total. The normalized spacial score (nSPS) is 14.5. The van der Waals surface area contributed by atoms with E-state index in [0.717, 1.165) is 34.9 Å². The lowest BCUT2D eigenvalue weighted by atomic mass is 10.0. The largest absolute Gasteiger partial charge is 0.472 e. The maximum Gasteiger partial charge on any atom is 0.258 e. The Morgan fingerprint density at radius 3 is 2.55 bits per heavy atom. The highest BCUT2D eigenvalue weighted by Crippen LogP contribution is 2.37. The van der Waals surface area contributed by atoms with Gasteiger partial charge in [-0.25, -0.2) is 9.97 Å². The number of rotatable bonds is 4. The number of halogens is 1. The molecule has 0 saturated heterocycles. The van der Waals surface area contributed by atoms with Gasteiger partial charge >= 0.3 is 0 Å². The minimum absolute atomic E-state index is 0.141. The number of H-pyrrole nitrogens is 1. The van der Waals surface area contributed by atoms with Crippen LogP contribution < -0.4 is 10.5 Å². The number of nitrogens with one attached hydrogen (secondary N) is 1. The SMILES string of the molecule is Nc1nc(-c2ccccc2)c(-c2cc(Cl)c3[nH]ncc3c2)nc1OC1CCCC1. The summed E-state index contributed by atoms with van der Waals surface area (Å²) < 4.78 is 6.11. The number of ether oxygens (including phenoxy) is 1. The quantitative estimate of drug-likeness (QED) is 0.484. The molecule has 7 heteroatoms. The number of nitrogen functional groups attached to an aromatic ring is 1. The summed E-state index contributed by atoms with van der Waals surface area (Å²) in [6.45, 7) is 0. The first-order valence-corrected chi connectivity index (χ1v) is 10.1. The Balaban J connectivity index is 1.69. The van der Waals surface area contributed by atoms with Gasteiger partial charge < -0.3 is 10.5 Å². The molecule has 0 spiro atoms. The molecule has 1 saturated carbocycles. The number of nitrogens with zero attached hydrogens (tertiary/aromatic N) is 3. The molecule has 0 unspecified atom stereocenters. The van der Waals surface area contributed by atoms with Crippen LogP contribution in [0.4, 0.5) is 5.82 Å². The van der Waals surface area contributed by atoms with Crippen LogP contribution in [-0.2, 0) is 0 Å². The topological polar surface area (TPSA) is 89.7 Å². The molecule has 1 aliphatic carbocycles. The van der Waals surface area contributed by atoms with E-state index in [4.69, 9.17) is 27.1 Å². The monoisotopic (exact) mass is 405 g/mol. The van der Waals surface area contributed by atoms with Crippen LogP contribution in [-0.4, -0.2) is 26.3 Å². The zero-order chi connectivity index (χ0) is 19.8. The Labute approximate surface area is 173 Å². The van der Waals surface area contributed by atoms with Gasteiger partial charge in [0, 0.05) is 16.5 Å². The lowest BCUT2D eigenvalue weighted by Gasteiger charge is -2.17. The smallest absolute Gasteiger partial charge is 0.258 e. The number of hydrogen-bond acceptors (Lipinski definition) is 5. The zero-order valence-corrected chi connectivity index (χ0v) is 16.5. The van der Waals surface area contributed by atoms with Gasteiger partial charge in [-0.2, -0.15) is 5.10 Å². The molecule has 5 rings (SSSR count). The molecule has 3 N–H and O–H groups in total. The number of fused-ring (bicyclic) bond motifs is 1. The third kappa shape index (κ3) is 3.40. The molecule has 146 valence electrons. The number of anilines is 1. The van der Waals surface area contributed by atoms with Gasteiger partial charge in [-0.15, -0.1) is 0 Å². The molecule has 4 aromatic rings. The van der Waals surface area contributed by atoms with Crippen LogP contribution in [0.15, 0.2) is 48.7 Å². The summed E-state index contributed by atoms with van der Waals surface area (Å²) in [6, 6.07) is 13.7. The van der Waals surface area contributed by atoms with Crippen LogP contribution >= 0.6 is 11.6 Å². The molecule has 0 radical (unpaired) electrons. The number of benzene rings is 2. The van der Waals surface area contributed by atoms with Gasteiger partial charge in [0.15, 0.2) is 5.82 Å². The highest BCUT2D eigenvalue weighted by Gasteiger charge is 2.22. The van der Waals surface area contributed by atoms with Crippen LogP contribution in [0.3, 0.4) is 0 Å². The van der Waals surface area contributed by atoms with Gasteiger partial charge in [-0.3, -0.25) is 5.10 Å². The summed E-state index contributed by atoms with van der Waals surface area (Å²) in [5.41, 5.74) is 10.2. The van der Waals surface area contributed by atoms with Crippen molar-refractivity contribution in [2.45, 2.75) is 31.8 Å².